The molecule has 5 nitrogen and oxygen atoms in total. The molecular weight excluding hydrogens is 262 g/mol. The molecule has 1 spiro atoms. The van der Waals surface area contributed by atoms with Gasteiger partial charge in [-0.3, -0.25) is 0 Å². The summed E-state index contributed by atoms with van der Waals surface area (Å²) in [6.45, 7) is 3.37. The number of rotatable bonds is 3. The number of nitrogens with zero attached hydrogens (tertiary/aromatic N) is 2. The molecule has 0 saturated carbocycles. The fraction of sp³-hybridized carbons (Fsp3) is 0.846. The average Bonchev–Trinajstić information content (AvgIpc) is 2.83. The minimum atomic E-state index is 0.131. The van der Waals surface area contributed by atoms with Crippen molar-refractivity contribution in [3.63, 3.8) is 0 Å². The molecule has 2 aliphatic heterocycles. The molecular formula is C13H21N3O2S. The van der Waals surface area contributed by atoms with Crippen LogP contribution >= 0.6 is 11.8 Å². The summed E-state index contributed by atoms with van der Waals surface area (Å²) in [5, 5.41) is 7.35. The van der Waals surface area contributed by atoms with Crippen LogP contribution in [0.1, 0.15) is 37.4 Å². The maximum absolute atomic E-state index is 6.09. The molecule has 106 valence electrons. The lowest BCUT2D eigenvalue weighted by Crippen LogP contribution is -2.48. The Morgan fingerprint density at radius 2 is 2.26 bits per heavy atom. The van der Waals surface area contributed by atoms with Gasteiger partial charge in [0.15, 0.2) is 5.82 Å². The maximum atomic E-state index is 6.09. The van der Waals surface area contributed by atoms with E-state index in [-0.39, 0.29) is 5.60 Å². The summed E-state index contributed by atoms with van der Waals surface area (Å²) >= 11 is 2.04. The standard InChI is InChI=1S/C13H21N3O2S/c1-10-15-12(18-16-10)9-14-11-2-5-17-13(8-11)3-6-19-7-4-13/h11,14H,2-9H2,1H3. The van der Waals surface area contributed by atoms with Crippen LogP contribution in [-0.2, 0) is 11.3 Å². The number of aromatic nitrogens is 2. The fourth-order valence-corrected chi connectivity index (χ4v) is 4.17. The van der Waals surface area contributed by atoms with Crippen molar-refractivity contribution in [1.29, 1.82) is 0 Å². The first kappa shape index (κ1) is 13.4. The van der Waals surface area contributed by atoms with Gasteiger partial charge in [0, 0.05) is 12.6 Å². The zero-order chi connectivity index (χ0) is 13.1. The van der Waals surface area contributed by atoms with E-state index in [9.17, 15) is 0 Å². The Morgan fingerprint density at radius 1 is 1.42 bits per heavy atom. The van der Waals surface area contributed by atoms with Crippen molar-refractivity contribution in [2.45, 2.75) is 50.8 Å². The normalized spacial score (nSPS) is 26.7. The highest BCUT2D eigenvalue weighted by Crippen LogP contribution is 2.37. The van der Waals surface area contributed by atoms with Gasteiger partial charge in [0.25, 0.3) is 0 Å². The monoisotopic (exact) mass is 283 g/mol. The minimum absolute atomic E-state index is 0.131. The van der Waals surface area contributed by atoms with E-state index >= 15 is 0 Å². The lowest BCUT2D eigenvalue weighted by molar-refractivity contribution is -0.0935. The second kappa shape index (κ2) is 5.81. The van der Waals surface area contributed by atoms with Gasteiger partial charge in [0.2, 0.25) is 5.89 Å². The van der Waals surface area contributed by atoms with E-state index in [1.165, 1.54) is 24.3 Å². The van der Waals surface area contributed by atoms with Gasteiger partial charge >= 0.3 is 0 Å². The Balaban J connectivity index is 1.53. The topological polar surface area (TPSA) is 60.2 Å². The highest BCUT2D eigenvalue weighted by atomic mass is 32.2. The van der Waals surface area contributed by atoms with Crippen molar-refractivity contribution in [1.82, 2.24) is 15.5 Å². The summed E-state index contributed by atoms with van der Waals surface area (Å²) in [7, 11) is 0. The largest absolute Gasteiger partial charge is 0.375 e. The summed E-state index contributed by atoms with van der Waals surface area (Å²) in [4.78, 5) is 4.22. The number of hydrogen-bond acceptors (Lipinski definition) is 6. The van der Waals surface area contributed by atoms with Crippen LogP contribution in [0.2, 0.25) is 0 Å². The number of hydrogen-bond donors (Lipinski definition) is 1. The van der Waals surface area contributed by atoms with Crippen LogP contribution in [0.15, 0.2) is 4.52 Å². The van der Waals surface area contributed by atoms with E-state index in [2.05, 4.69) is 15.5 Å². The predicted molar refractivity (Wildman–Crippen MR) is 74.1 cm³/mol. The molecule has 6 heteroatoms. The first-order valence-corrected chi connectivity index (χ1v) is 8.16. The molecule has 3 rings (SSSR count). The van der Waals surface area contributed by atoms with Crippen LogP contribution in [0.3, 0.4) is 0 Å². The highest BCUT2D eigenvalue weighted by Gasteiger charge is 2.38. The molecule has 19 heavy (non-hydrogen) atoms. The van der Waals surface area contributed by atoms with Gasteiger partial charge in [-0.15, -0.1) is 0 Å². The minimum Gasteiger partial charge on any atom is -0.375 e. The molecule has 0 radical (unpaired) electrons. The number of aryl methyl sites for hydroxylation is 1. The first-order valence-electron chi connectivity index (χ1n) is 7.00. The Morgan fingerprint density at radius 3 is 3.00 bits per heavy atom. The predicted octanol–water partition coefficient (Wildman–Crippen LogP) is 1.91. The number of thioether (sulfide) groups is 1. The van der Waals surface area contributed by atoms with Crippen LogP contribution in [-0.4, -0.2) is 39.9 Å². The zero-order valence-corrected chi connectivity index (χ0v) is 12.2. The Kier molecular flexibility index (Phi) is 4.10. The van der Waals surface area contributed by atoms with Gasteiger partial charge in [0.1, 0.15) is 0 Å². The quantitative estimate of drug-likeness (QED) is 0.914. The summed E-state index contributed by atoms with van der Waals surface area (Å²) in [6, 6.07) is 0.504. The lowest BCUT2D eigenvalue weighted by Gasteiger charge is -2.43. The molecule has 1 aromatic heterocycles. The van der Waals surface area contributed by atoms with Crippen molar-refractivity contribution in [2.24, 2.45) is 0 Å². The Labute approximate surface area is 117 Å². The van der Waals surface area contributed by atoms with Gasteiger partial charge in [0.05, 0.1) is 12.1 Å². The van der Waals surface area contributed by atoms with Gasteiger partial charge in [-0.25, -0.2) is 0 Å². The van der Waals surface area contributed by atoms with Crippen LogP contribution in [0.25, 0.3) is 0 Å². The third kappa shape index (κ3) is 3.30. The van der Waals surface area contributed by atoms with E-state index in [0.717, 1.165) is 19.4 Å². The molecule has 0 aromatic carbocycles. The summed E-state index contributed by atoms with van der Waals surface area (Å²) < 4.78 is 11.2. The van der Waals surface area contributed by atoms with Crippen LogP contribution in [0, 0.1) is 6.92 Å². The van der Waals surface area contributed by atoms with Crippen LogP contribution < -0.4 is 5.32 Å². The summed E-state index contributed by atoms with van der Waals surface area (Å²) in [6.07, 6.45) is 4.56. The molecule has 1 aromatic rings. The van der Waals surface area contributed by atoms with Crippen molar-refractivity contribution in [2.75, 3.05) is 18.1 Å². The molecule has 2 aliphatic rings. The number of ether oxygens (including phenoxy) is 1. The third-order valence-electron chi connectivity index (χ3n) is 4.01. The van der Waals surface area contributed by atoms with Gasteiger partial charge in [-0.1, -0.05) is 5.16 Å². The van der Waals surface area contributed by atoms with Gasteiger partial charge in [-0.05, 0) is 44.1 Å². The van der Waals surface area contributed by atoms with Gasteiger partial charge in [-0.2, -0.15) is 16.7 Å². The van der Waals surface area contributed by atoms with E-state index in [1.807, 2.05) is 18.7 Å². The molecule has 3 heterocycles. The van der Waals surface area contributed by atoms with E-state index in [1.54, 1.807) is 0 Å². The van der Waals surface area contributed by atoms with E-state index < -0.39 is 0 Å². The molecule has 0 amide bonds. The fourth-order valence-electron chi connectivity index (χ4n) is 2.94. The summed E-state index contributed by atoms with van der Waals surface area (Å²) in [5.74, 6) is 3.84. The second-order valence-corrected chi connectivity index (χ2v) is 6.67. The molecule has 2 saturated heterocycles. The molecule has 0 aliphatic carbocycles. The second-order valence-electron chi connectivity index (χ2n) is 5.45. The highest BCUT2D eigenvalue weighted by molar-refractivity contribution is 7.99. The van der Waals surface area contributed by atoms with E-state index in [0.29, 0.717) is 24.3 Å². The summed E-state index contributed by atoms with van der Waals surface area (Å²) in [5.41, 5.74) is 0.131. The molecule has 1 atom stereocenters. The number of nitrogens with one attached hydrogen (secondary N) is 1. The maximum Gasteiger partial charge on any atom is 0.240 e. The SMILES string of the molecule is Cc1noc(CNC2CCOC3(CCSCC3)C2)n1. The Hall–Kier alpha value is -0.590. The first-order chi connectivity index (χ1) is 9.26. The molecule has 1 unspecified atom stereocenters. The van der Waals surface area contributed by atoms with Crippen molar-refractivity contribution >= 4 is 11.8 Å². The Bertz CT molecular complexity index is 412. The molecule has 0 bridgehead atoms. The smallest absolute Gasteiger partial charge is 0.240 e. The third-order valence-corrected chi connectivity index (χ3v) is 4.99. The van der Waals surface area contributed by atoms with Crippen molar-refractivity contribution in [3.8, 4) is 0 Å². The van der Waals surface area contributed by atoms with Gasteiger partial charge < -0.3 is 14.6 Å². The lowest BCUT2D eigenvalue weighted by atomic mass is 9.85. The van der Waals surface area contributed by atoms with Crippen LogP contribution in [0.5, 0.6) is 0 Å². The molecule has 1 N–H and O–H groups in total. The van der Waals surface area contributed by atoms with Crippen LogP contribution in [0.4, 0.5) is 0 Å². The molecule has 2 fully saturated rings. The zero-order valence-electron chi connectivity index (χ0n) is 11.4. The van der Waals surface area contributed by atoms with Crippen molar-refractivity contribution in [3.05, 3.63) is 11.7 Å². The van der Waals surface area contributed by atoms with Crippen molar-refractivity contribution < 1.29 is 9.26 Å². The average molecular weight is 283 g/mol. The van der Waals surface area contributed by atoms with E-state index in [4.69, 9.17) is 9.26 Å².